The molecule has 1 aromatic carbocycles. The van der Waals surface area contributed by atoms with Crippen molar-refractivity contribution < 1.29 is 4.79 Å². The lowest BCUT2D eigenvalue weighted by atomic mass is 10.0. The first-order valence-electron chi connectivity index (χ1n) is 9.81. The van der Waals surface area contributed by atoms with Gasteiger partial charge < -0.3 is 15.2 Å². The van der Waals surface area contributed by atoms with Crippen molar-refractivity contribution >= 4 is 22.6 Å². The summed E-state index contributed by atoms with van der Waals surface area (Å²) in [6.45, 7) is 3.69. The van der Waals surface area contributed by atoms with Gasteiger partial charge in [0, 0.05) is 49.4 Å². The van der Waals surface area contributed by atoms with Crippen LogP contribution in [-0.2, 0) is 6.42 Å². The summed E-state index contributed by atoms with van der Waals surface area (Å²) in [7, 11) is 3.88. The van der Waals surface area contributed by atoms with Gasteiger partial charge in [0.15, 0.2) is 0 Å². The van der Waals surface area contributed by atoms with Crippen LogP contribution in [0.15, 0.2) is 42.7 Å². The van der Waals surface area contributed by atoms with Gasteiger partial charge in [0.05, 0.1) is 23.5 Å². The SMILES string of the molecule is Cc1nc(C(Cc2c[nH]c3ccccc23)NC(=O)c2cn[nH]c2C)cc(N(C)C)n1. The number of para-hydroxylation sites is 1. The highest BCUT2D eigenvalue weighted by atomic mass is 16.1. The van der Waals surface area contributed by atoms with Gasteiger partial charge in [-0.1, -0.05) is 18.2 Å². The lowest BCUT2D eigenvalue weighted by Crippen LogP contribution is -2.31. The fourth-order valence-electron chi connectivity index (χ4n) is 3.55. The Bertz CT molecular complexity index is 1190. The maximum absolute atomic E-state index is 13.0. The van der Waals surface area contributed by atoms with Crippen molar-refractivity contribution in [2.24, 2.45) is 0 Å². The standard InChI is InChI=1S/C22H25N7O/c1-13-17(12-24-28-13)22(30)27-19(20-10-21(29(3)4)26-14(2)25-20)9-15-11-23-18-8-6-5-7-16(15)18/h5-8,10-12,19,23H,9H2,1-4H3,(H,24,28)(H,27,30). The van der Waals surface area contributed by atoms with Crippen molar-refractivity contribution in [3.8, 4) is 0 Å². The number of carbonyl (C=O) groups is 1. The largest absolute Gasteiger partial charge is 0.363 e. The van der Waals surface area contributed by atoms with E-state index >= 15 is 0 Å². The first-order chi connectivity index (χ1) is 14.4. The second-order valence-electron chi connectivity index (χ2n) is 7.59. The van der Waals surface area contributed by atoms with Gasteiger partial charge in [-0.15, -0.1) is 0 Å². The minimum absolute atomic E-state index is 0.186. The Kier molecular flexibility index (Phi) is 5.22. The van der Waals surface area contributed by atoms with E-state index in [1.54, 1.807) is 6.20 Å². The predicted molar refractivity (Wildman–Crippen MR) is 117 cm³/mol. The molecule has 0 bridgehead atoms. The van der Waals surface area contributed by atoms with Crippen molar-refractivity contribution in [3.63, 3.8) is 0 Å². The minimum Gasteiger partial charge on any atom is -0.363 e. The van der Waals surface area contributed by atoms with Crippen LogP contribution in [0.2, 0.25) is 0 Å². The molecule has 0 aliphatic carbocycles. The number of anilines is 1. The molecule has 30 heavy (non-hydrogen) atoms. The zero-order valence-electron chi connectivity index (χ0n) is 17.5. The molecule has 1 atom stereocenters. The van der Waals surface area contributed by atoms with Crippen LogP contribution in [0.3, 0.4) is 0 Å². The molecule has 154 valence electrons. The number of rotatable bonds is 6. The maximum Gasteiger partial charge on any atom is 0.255 e. The number of hydrogen-bond donors (Lipinski definition) is 3. The number of fused-ring (bicyclic) bond motifs is 1. The Morgan fingerprint density at radius 1 is 1.20 bits per heavy atom. The first-order valence-corrected chi connectivity index (χ1v) is 9.81. The van der Waals surface area contributed by atoms with E-state index in [1.807, 2.05) is 63.3 Å². The fraction of sp³-hybridized carbons (Fsp3) is 0.273. The highest BCUT2D eigenvalue weighted by Crippen LogP contribution is 2.25. The van der Waals surface area contributed by atoms with Crippen LogP contribution in [0, 0.1) is 13.8 Å². The number of H-pyrrole nitrogens is 2. The summed E-state index contributed by atoms with van der Waals surface area (Å²) in [4.78, 5) is 27.3. The van der Waals surface area contributed by atoms with Crippen LogP contribution in [0.4, 0.5) is 5.82 Å². The summed E-state index contributed by atoms with van der Waals surface area (Å²) < 4.78 is 0. The molecule has 0 radical (unpaired) electrons. The number of nitrogens with zero attached hydrogens (tertiary/aromatic N) is 4. The Balaban J connectivity index is 1.73. The third-order valence-corrected chi connectivity index (χ3v) is 5.14. The molecule has 1 unspecified atom stereocenters. The van der Waals surface area contributed by atoms with Gasteiger partial charge in [0.2, 0.25) is 0 Å². The van der Waals surface area contributed by atoms with Crippen molar-refractivity contribution in [2.45, 2.75) is 26.3 Å². The number of nitrogens with one attached hydrogen (secondary N) is 3. The zero-order chi connectivity index (χ0) is 21.3. The third-order valence-electron chi connectivity index (χ3n) is 5.14. The van der Waals surface area contributed by atoms with E-state index in [9.17, 15) is 4.79 Å². The Morgan fingerprint density at radius 2 is 2.00 bits per heavy atom. The minimum atomic E-state index is -0.327. The topological polar surface area (TPSA) is 103 Å². The summed E-state index contributed by atoms with van der Waals surface area (Å²) in [5.41, 5.74) is 4.20. The Labute approximate surface area is 174 Å². The summed E-state index contributed by atoms with van der Waals surface area (Å²) in [6.07, 6.45) is 4.13. The van der Waals surface area contributed by atoms with Gasteiger partial charge in [0.1, 0.15) is 11.6 Å². The molecular formula is C22H25N7O. The predicted octanol–water partition coefficient (Wildman–Crippen LogP) is 3.08. The van der Waals surface area contributed by atoms with Gasteiger partial charge in [0.25, 0.3) is 5.91 Å². The second kappa shape index (κ2) is 7.98. The molecule has 3 heterocycles. The highest BCUT2D eigenvalue weighted by Gasteiger charge is 2.22. The molecule has 3 aromatic heterocycles. The monoisotopic (exact) mass is 403 g/mol. The van der Waals surface area contributed by atoms with Crippen molar-refractivity contribution in [1.82, 2.24) is 30.5 Å². The lowest BCUT2D eigenvalue weighted by Gasteiger charge is -2.21. The molecule has 0 fully saturated rings. The maximum atomic E-state index is 13.0. The number of amides is 1. The molecule has 0 aliphatic rings. The Morgan fingerprint density at radius 3 is 2.73 bits per heavy atom. The summed E-state index contributed by atoms with van der Waals surface area (Å²) in [5, 5.41) is 11.1. The average molecular weight is 403 g/mol. The molecule has 3 N–H and O–H groups in total. The summed E-state index contributed by atoms with van der Waals surface area (Å²) in [6, 6.07) is 9.74. The van der Waals surface area contributed by atoms with Crippen LogP contribution >= 0.6 is 0 Å². The number of carbonyl (C=O) groups excluding carboxylic acids is 1. The summed E-state index contributed by atoms with van der Waals surface area (Å²) in [5.74, 6) is 1.28. The van der Waals surface area contributed by atoms with Gasteiger partial charge >= 0.3 is 0 Å². The summed E-state index contributed by atoms with van der Waals surface area (Å²) >= 11 is 0. The number of aromatic amines is 2. The van der Waals surface area contributed by atoms with Crippen molar-refractivity contribution in [2.75, 3.05) is 19.0 Å². The van der Waals surface area contributed by atoms with E-state index in [0.717, 1.165) is 33.7 Å². The van der Waals surface area contributed by atoms with Crippen LogP contribution in [0.5, 0.6) is 0 Å². The zero-order valence-corrected chi connectivity index (χ0v) is 17.5. The molecule has 8 heteroatoms. The van der Waals surface area contributed by atoms with Crippen molar-refractivity contribution in [1.29, 1.82) is 0 Å². The van der Waals surface area contributed by atoms with E-state index in [0.29, 0.717) is 17.8 Å². The van der Waals surface area contributed by atoms with E-state index in [4.69, 9.17) is 0 Å². The van der Waals surface area contributed by atoms with Crippen LogP contribution in [-0.4, -0.2) is 45.2 Å². The third kappa shape index (κ3) is 3.89. The molecule has 0 saturated heterocycles. The van der Waals surface area contributed by atoms with Crippen LogP contribution in [0.25, 0.3) is 10.9 Å². The van der Waals surface area contributed by atoms with E-state index in [2.05, 4.69) is 36.5 Å². The van der Waals surface area contributed by atoms with Crippen LogP contribution in [0.1, 0.15) is 39.2 Å². The van der Waals surface area contributed by atoms with Gasteiger partial charge in [-0.05, 0) is 25.5 Å². The number of aryl methyl sites for hydroxylation is 2. The second-order valence-corrected chi connectivity index (χ2v) is 7.59. The lowest BCUT2D eigenvalue weighted by molar-refractivity contribution is 0.0935. The molecule has 0 aliphatic heterocycles. The molecule has 0 spiro atoms. The molecule has 8 nitrogen and oxygen atoms in total. The average Bonchev–Trinajstić information content (AvgIpc) is 3.33. The van der Waals surface area contributed by atoms with E-state index in [1.165, 1.54) is 0 Å². The number of benzene rings is 1. The smallest absolute Gasteiger partial charge is 0.255 e. The fourth-order valence-corrected chi connectivity index (χ4v) is 3.55. The van der Waals surface area contributed by atoms with Gasteiger partial charge in [-0.25, -0.2) is 9.97 Å². The molecular weight excluding hydrogens is 378 g/mol. The number of hydrogen-bond acceptors (Lipinski definition) is 5. The number of aromatic nitrogens is 5. The van der Waals surface area contributed by atoms with Gasteiger partial charge in [-0.3, -0.25) is 9.89 Å². The van der Waals surface area contributed by atoms with Gasteiger partial charge in [-0.2, -0.15) is 5.10 Å². The van der Waals surface area contributed by atoms with Crippen molar-refractivity contribution in [3.05, 3.63) is 71.1 Å². The molecule has 4 aromatic rings. The van der Waals surface area contributed by atoms with E-state index in [-0.39, 0.29) is 11.9 Å². The quantitative estimate of drug-likeness (QED) is 0.459. The van der Waals surface area contributed by atoms with E-state index < -0.39 is 0 Å². The Hall–Kier alpha value is -3.68. The normalized spacial score (nSPS) is 12.1. The molecule has 4 rings (SSSR count). The molecule has 0 saturated carbocycles. The highest BCUT2D eigenvalue weighted by molar-refractivity contribution is 5.95. The van der Waals surface area contributed by atoms with Crippen LogP contribution < -0.4 is 10.2 Å². The first kappa shape index (κ1) is 19.6. The molecule has 1 amide bonds.